The molecule has 1 aromatic heterocycles. The van der Waals surface area contributed by atoms with Gasteiger partial charge in [0.05, 0.1) is 11.7 Å². The molecular formula is C14H17BrN2S. The van der Waals surface area contributed by atoms with Crippen LogP contribution in [0.15, 0.2) is 22.7 Å². The number of rotatable bonds is 3. The van der Waals surface area contributed by atoms with E-state index >= 15 is 0 Å². The zero-order valence-corrected chi connectivity index (χ0v) is 13.4. The minimum Gasteiger partial charge on any atom is -0.307 e. The summed E-state index contributed by atoms with van der Waals surface area (Å²) in [6.07, 6.45) is 0. The van der Waals surface area contributed by atoms with E-state index in [0.29, 0.717) is 0 Å². The van der Waals surface area contributed by atoms with E-state index in [0.717, 1.165) is 15.2 Å². The minimum atomic E-state index is 0.175. The van der Waals surface area contributed by atoms with E-state index in [1.165, 1.54) is 16.0 Å². The molecule has 1 N–H and O–H groups in total. The quantitative estimate of drug-likeness (QED) is 0.917. The molecule has 1 unspecified atom stereocenters. The van der Waals surface area contributed by atoms with E-state index in [1.807, 2.05) is 7.05 Å². The molecule has 96 valence electrons. The van der Waals surface area contributed by atoms with Gasteiger partial charge < -0.3 is 5.32 Å². The molecule has 0 spiro atoms. The fourth-order valence-corrected chi connectivity index (χ4v) is 3.21. The van der Waals surface area contributed by atoms with Crippen LogP contribution in [0, 0.1) is 20.8 Å². The Balaban J connectivity index is 2.41. The van der Waals surface area contributed by atoms with Gasteiger partial charge >= 0.3 is 0 Å². The predicted molar refractivity (Wildman–Crippen MR) is 81.4 cm³/mol. The summed E-state index contributed by atoms with van der Waals surface area (Å²) < 4.78 is 1.15. The first-order chi connectivity index (χ1) is 8.52. The summed E-state index contributed by atoms with van der Waals surface area (Å²) in [4.78, 5) is 5.94. The summed E-state index contributed by atoms with van der Waals surface area (Å²) in [6.45, 7) is 6.30. The van der Waals surface area contributed by atoms with Crippen LogP contribution in [0.1, 0.15) is 32.7 Å². The average Bonchev–Trinajstić information content (AvgIpc) is 2.65. The lowest BCUT2D eigenvalue weighted by Gasteiger charge is -2.15. The topological polar surface area (TPSA) is 24.9 Å². The lowest BCUT2D eigenvalue weighted by Crippen LogP contribution is -2.17. The van der Waals surface area contributed by atoms with Crippen molar-refractivity contribution >= 4 is 27.3 Å². The SMILES string of the molecule is CNC(c1ccc(Br)c(C)c1)c1nc(C)c(C)s1. The van der Waals surface area contributed by atoms with Crippen LogP contribution in [0.25, 0.3) is 0 Å². The maximum absolute atomic E-state index is 4.65. The lowest BCUT2D eigenvalue weighted by atomic mass is 10.1. The number of nitrogens with zero attached hydrogens (tertiary/aromatic N) is 1. The van der Waals surface area contributed by atoms with Crippen LogP contribution in [0.2, 0.25) is 0 Å². The Hall–Kier alpha value is -0.710. The first-order valence-electron chi connectivity index (χ1n) is 5.90. The lowest BCUT2D eigenvalue weighted by molar-refractivity contribution is 0.684. The van der Waals surface area contributed by atoms with Gasteiger partial charge in [-0.1, -0.05) is 28.1 Å². The number of hydrogen-bond acceptors (Lipinski definition) is 3. The molecule has 0 radical (unpaired) electrons. The number of nitrogens with one attached hydrogen (secondary N) is 1. The van der Waals surface area contributed by atoms with Crippen molar-refractivity contribution in [2.45, 2.75) is 26.8 Å². The summed E-state index contributed by atoms with van der Waals surface area (Å²) in [6, 6.07) is 6.62. The van der Waals surface area contributed by atoms with E-state index in [2.05, 4.69) is 65.2 Å². The summed E-state index contributed by atoms with van der Waals surface area (Å²) in [5.41, 5.74) is 3.63. The van der Waals surface area contributed by atoms with Gasteiger partial charge in [0.25, 0.3) is 0 Å². The zero-order valence-electron chi connectivity index (χ0n) is 11.0. The molecule has 4 heteroatoms. The largest absolute Gasteiger partial charge is 0.307 e. The van der Waals surface area contributed by atoms with Crippen LogP contribution >= 0.6 is 27.3 Å². The summed E-state index contributed by atoms with van der Waals surface area (Å²) in [7, 11) is 1.98. The van der Waals surface area contributed by atoms with Crippen molar-refractivity contribution in [2.24, 2.45) is 0 Å². The van der Waals surface area contributed by atoms with Gasteiger partial charge in [0.15, 0.2) is 0 Å². The standard InChI is InChI=1S/C14H17BrN2S/c1-8-7-11(5-6-12(8)15)13(16-4)14-17-9(2)10(3)18-14/h5-7,13,16H,1-4H3. The third-order valence-electron chi connectivity index (χ3n) is 3.10. The Morgan fingerprint density at radius 2 is 2.00 bits per heavy atom. The molecule has 18 heavy (non-hydrogen) atoms. The van der Waals surface area contributed by atoms with Crippen molar-refractivity contribution in [1.29, 1.82) is 0 Å². The molecule has 0 fully saturated rings. The van der Waals surface area contributed by atoms with Gasteiger partial charge in [0.1, 0.15) is 5.01 Å². The van der Waals surface area contributed by atoms with E-state index in [1.54, 1.807) is 11.3 Å². The normalized spacial score (nSPS) is 12.7. The van der Waals surface area contributed by atoms with Crippen LogP contribution in [-0.4, -0.2) is 12.0 Å². The molecule has 2 rings (SSSR count). The molecular weight excluding hydrogens is 308 g/mol. The highest BCUT2D eigenvalue weighted by molar-refractivity contribution is 9.10. The molecule has 1 heterocycles. The van der Waals surface area contributed by atoms with Crippen molar-refractivity contribution in [3.05, 3.63) is 49.4 Å². The number of thiazole rings is 1. The number of halogens is 1. The van der Waals surface area contributed by atoms with Gasteiger partial charge in [0.2, 0.25) is 0 Å². The predicted octanol–water partition coefficient (Wildman–Crippen LogP) is 4.14. The van der Waals surface area contributed by atoms with Crippen molar-refractivity contribution < 1.29 is 0 Å². The molecule has 0 bridgehead atoms. The zero-order chi connectivity index (χ0) is 13.3. The number of hydrogen-bond donors (Lipinski definition) is 1. The van der Waals surface area contributed by atoms with Crippen molar-refractivity contribution in [3.63, 3.8) is 0 Å². The highest BCUT2D eigenvalue weighted by atomic mass is 79.9. The molecule has 0 aliphatic carbocycles. The smallest absolute Gasteiger partial charge is 0.115 e. The highest BCUT2D eigenvalue weighted by Crippen LogP contribution is 2.29. The summed E-state index contributed by atoms with van der Waals surface area (Å²) in [5, 5.41) is 4.49. The monoisotopic (exact) mass is 324 g/mol. The molecule has 1 aromatic carbocycles. The van der Waals surface area contributed by atoms with Gasteiger partial charge in [-0.25, -0.2) is 4.98 Å². The molecule has 0 saturated carbocycles. The van der Waals surface area contributed by atoms with Gasteiger partial charge in [-0.2, -0.15) is 0 Å². The fraction of sp³-hybridized carbons (Fsp3) is 0.357. The molecule has 2 nitrogen and oxygen atoms in total. The Morgan fingerprint density at radius 3 is 2.50 bits per heavy atom. The third-order valence-corrected chi connectivity index (χ3v) is 5.12. The highest BCUT2D eigenvalue weighted by Gasteiger charge is 2.17. The summed E-state index contributed by atoms with van der Waals surface area (Å²) in [5.74, 6) is 0. The Bertz CT molecular complexity index is 543. The second kappa shape index (κ2) is 5.51. The number of benzene rings is 1. The van der Waals surface area contributed by atoms with Gasteiger partial charge in [-0.05, 0) is 45.0 Å². The molecule has 0 amide bonds. The van der Waals surface area contributed by atoms with E-state index < -0.39 is 0 Å². The Morgan fingerprint density at radius 1 is 1.28 bits per heavy atom. The Kier molecular flexibility index (Phi) is 4.20. The minimum absolute atomic E-state index is 0.175. The van der Waals surface area contributed by atoms with Crippen LogP contribution in [0.3, 0.4) is 0 Å². The van der Waals surface area contributed by atoms with Crippen LogP contribution < -0.4 is 5.32 Å². The van der Waals surface area contributed by atoms with Gasteiger partial charge in [-0.15, -0.1) is 11.3 Å². The van der Waals surface area contributed by atoms with Crippen LogP contribution in [0.4, 0.5) is 0 Å². The van der Waals surface area contributed by atoms with E-state index in [9.17, 15) is 0 Å². The molecule has 0 aliphatic heterocycles. The van der Waals surface area contributed by atoms with Crippen LogP contribution in [-0.2, 0) is 0 Å². The molecule has 1 atom stereocenters. The summed E-state index contributed by atoms with van der Waals surface area (Å²) >= 11 is 5.31. The van der Waals surface area contributed by atoms with Crippen molar-refractivity contribution in [3.8, 4) is 0 Å². The first-order valence-corrected chi connectivity index (χ1v) is 7.51. The molecule has 0 saturated heterocycles. The van der Waals surface area contributed by atoms with Crippen molar-refractivity contribution in [2.75, 3.05) is 7.05 Å². The van der Waals surface area contributed by atoms with Crippen molar-refractivity contribution in [1.82, 2.24) is 10.3 Å². The number of aromatic nitrogens is 1. The first kappa shape index (κ1) is 13.7. The average molecular weight is 325 g/mol. The maximum atomic E-state index is 4.65. The van der Waals surface area contributed by atoms with E-state index in [4.69, 9.17) is 0 Å². The second-order valence-corrected chi connectivity index (χ2v) is 6.51. The van der Waals surface area contributed by atoms with E-state index in [-0.39, 0.29) is 6.04 Å². The fourth-order valence-electron chi connectivity index (χ4n) is 1.90. The maximum Gasteiger partial charge on any atom is 0.115 e. The molecule has 0 aliphatic rings. The van der Waals surface area contributed by atoms with Crippen LogP contribution in [0.5, 0.6) is 0 Å². The second-order valence-electron chi connectivity index (χ2n) is 4.42. The van der Waals surface area contributed by atoms with Gasteiger partial charge in [-0.3, -0.25) is 0 Å². The Labute approximate surface area is 121 Å². The number of aryl methyl sites for hydroxylation is 3. The molecule has 2 aromatic rings. The van der Waals surface area contributed by atoms with Gasteiger partial charge in [0, 0.05) is 9.35 Å². The third kappa shape index (κ3) is 2.66.